The number of carbonyl (C=O) groups is 1. The maximum Gasteiger partial charge on any atom is 0.242 e. The van der Waals surface area contributed by atoms with Crippen LogP contribution in [0.4, 0.5) is 4.39 Å². The average Bonchev–Trinajstić information content (AvgIpc) is 2.60. The van der Waals surface area contributed by atoms with E-state index >= 15 is 0 Å². The van der Waals surface area contributed by atoms with Gasteiger partial charge in [-0.05, 0) is 43.5 Å². The molecule has 23 heavy (non-hydrogen) atoms. The lowest BCUT2D eigenvalue weighted by Crippen LogP contribution is -2.43. The molecule has 5 heteroatoms. The van der Waals surface area contributed by atoms with Crippen LogP contribution in [0.5, 0.6) is 5.75 Å². The van der Waals surface area contributed by atoms with Crippen LogP contribution in [0.2, 0.25) is 0 Å². The largest absolute Gasteiger partial charge is 0.494 e. The fraction of sp³-hybridized carbons (Fsp3) is 0.556. The first kappa shape index (κ1) is 17.3. The van der Waals surface area contributed by atoms with E-state index < -0.39 is 5.41 Å². The first-order chi connectivity index (χ1) is 11.1. The summed E-state index contributed by atoms with van der Waals surface area (Å²) in [6.07, 6.45) is 4.99. The van der Waals surface area contributed by atoms with Crippen molar-refractivity contribution in [3.63, 3.8) is 0 Å². The van der Waals surface area contributed by atoms with E-state index in [9.17, 15) is 14.4 Å². The molecule has 0 bridgehead atoms. The Labute approximate surface area is 136 Å². The third-order valence-corrected chi connectivity index (χ3v) is 4.40. The summed E-state index contributed by atoms with van der Waals surface area (Å²) in [4.78, 5) is 14.2. The fourth-order valence-electron chi connectivity index (χ4n) is 3.02. The number of carbonyl (C=O) groups excluding carboxylic acids is 1. The third-order valence-electron chi connectivity index (χ3n) is 4.40. The molecule has 0 spiro atoms. The van der Waals surface area contributed by atoms with Gasteiger partial charge in [-0.2, -0.15) is 5.26 Å². The molecule has 124 valence electrons. The highest BCUT2D eigenvalue weighted by molar-refractivity contribution is 5.85. The zero-order chi connectivity index (χ0) is 16.7. The standard InChI is InChI=1S/C18H23FN2O2/c1-21(17(22)18(14-20)10-3-2-4-11-18)12-5-13-23-16-8-6-15(19)7-9-16/h6-9H,2-5,10-13H2,1H3. The molecule has 4 nitrogen and oxygen atoms in total. The molecular weight excluding hydrogens is 295 g/mol. The Morgan fingerprint density at radius 2 is 1.96 bits per heavy atom. The molecule has 1 aliphatic rings. The number of hydrogen-bond donors (Lipinski definition) is 0. The number of nitrogens with zero attached hydrogens (tertiary/aromatic N) is 2. The summed E-state index contributed by atoms with van der Waals surface area (Å²) in [5.41, 5.74) is -0.829. The lowest BCUT2D eigenvalue weighted by Gasteiger charge is -2.33. The Bertz CT molecular complexity index is 559. The van der Waals surface area contributed by atoms with Gasteiger partial charge in [0.1, 0.15) is 17.0 Å². The van der Waals surface area contributed by atoms with Crippen LogP contribution in [-0.4, -0.2) is 31.0 Å². The SMILES string of the molecule is CN(CCCOc1ccc(F)cc1)C(=O)C1(C#N)CCCCC1. The maximum atomic E-state index is 12.8. The van der Waals surface area contributed by atoms with Gasteiger partial charge in [-0.3, -0.25) is 4.79 Å². The van der Waals surface area contributed by atoms with Gasteiger partial charge in [0.15, 0.2) is 0 Å². The molecule has 1 aliphatic carbocycles. The van der Waals surface area contributed by atoms with Crippen LogP contribution in [-0.2, 0) is 4.79 Å². The molecular formula is C18H23FN2O2. The van der Waals surface area contributed by atoms with Crippen molar-refractivity contribution in [1.29, 1.82) is 5.26 Å². The summed E-state index contributed by atoms with van der Waals surface area (Å²) in [6, 6.07) is 8.13. The highest BCUT2D eigenvalue weighted by Gasteiger charge is 2.41. The van der Waals surface area contributed by atoms with Gasteiger partial charge in [0, 0.05) is 13.6 Å². The van der Waals surface area contributed by atoms with E-state index in [1.807, 2.05) is 0 Å². The van der Waals surface area contributed by atoms with Crippen molar-refractivity contribution in [3.8, 4) is 11.8 Å². The van der Waals surface area contributed by atoms with Gasteiger partial charge in [0.2, 0.25) is 5.91 Å². The molecule has 1 amide bonds. The fourth-order valence-corrected chi connectivity index (χ4v) is 3.02. The van der Waals surface area contributed by atoms with Crippen LogP contribution in [0.1, 0.15) is 38.5 Å². The second-order valence-electron chi connectivity index (χ2n) is 6.14. The molecule has 1 saturated carbocycles. The molecule has 2 rings (SSSR count). The minimum absolute atomic E-state index is 0.0681. The van der Waals surface area contributed by atoms with Gasteiger partial charge in [-0.25, -0.2) is 4.39 Å². The number of ether oxygens (including phenoxy) is 1. The quantitative estimate of drug-likeness (QED) is 0.754. The van der Waals surface area contributed by atoms with Crippen molar-refractivity contribution in [2.75, 3.05) is 20.2 Å². The number of amides is 1. The lowest BCUT2D eigenvalue weighted by molar-refractivity contribution is -0.139. The van der Waals surface area contributed by atoms with Gasteiger partial charge >= 0.3 is 0 Å². The predicted octanol–water partition coefficient (Wildman–Crippen LogP) is 3.53. The number of hydrogen-bond acceptors (Lipinski definition) is 3. The van der Waals surface area contributed by atoms with E-state index in [-0.39, 0.29) is 11.7 Å². The van der Waals surface area contributed by atoms with Crippen molar-refractivity contribution in [2.24, 2.45) is 5.41 Å². The molecule has 0 aliphatic heterocycles. The van der Waals surface area contributed by atoms with Crippen molar-refractivity contribution in [1.82, 2.24) is 4.90 Å². The predicted molar refractivity (Wildman–Crippen MR) is 85.3 cm³/mol. The van der Waals surface area contributed by atoms with Crippen molar-refractivity contribution in [2.45, 2.75) is 38.5 Å². The second-order valence-corrected chi connectivity index (χ2v) is 6.14. The minimum atomic E-state index is -0.829. The zero-order valence-corrected chi connectivity index (χ0v) is 13.6. The molecule has 1 aromatic rings. The zero-order valence-electron chi connectivity index (χ0n) is 13.6. The Hall–Kier alpha value is -2.09. The maximum absolute atomic E-state index is 12.8. The summed E-state index contributed by atoms with van der Waals surface area (Å²) in [6.45, 7) is 0.992. The van der Waals surface area contributed by atoms with Gasteiger partial charge in [0.05, 0.1) is 12.7 Å². The number of benzene rings is 1. The van der Waals surface area contributed by atoms with Crippen molar-refractivity contribution >= 4 is 5.91 Å². The minimum Gasteiger partial charge on any atom is -0.494 e. The Morgan fingerprint density at radius 1 is 1.30 bits per heavy atom. The Morgan fingerprint density at radius 3 is 2.57 bits per heavy atom. The van der Waals surface area contributed by atoms with Crippen molar-refractivity contribution < 1.29 is 13.9 Å². The molecule has 0 atom stereocenters. The third kappa shape index (κ3) is 4.44. The number of halogens is 1. The van der Waals surface area contributed by atoms with E-state index in [2.05, 4.69) is 6.07 Å². The average molecular weight is 318 g/mol. The van der Waals surface area contributed by atoms with Crippen LogP contribution in [0.15, 0.2) is 24.3 Å². The van der Waals surface area contributed by atoms with E-state index in [1.54, 1.807) is 24.1 Å². The summed E-state index contributed by atoms with van der Waals surface area (Å²) < 4.78 is 18.3. The van der Waals surface area contributed by atoms with Crippen LogP contribution in [0.25, 0.3) is 0 Å². The molecule has 0 heterocycles. The molecule has 0 N–H and O–H groups in total. The molecule has 1 aromatic carbocycles. The van der Waals surface area contributed by atoms with Crippen LogP contribution in [0, 0.1) is 22.6 Å². The summed E-state index contributed by atoms with van der Waals surface area (Å²) in [5.74, 6) is 0.250. The molecule has 0 saturated heterocycles. The molecule has 1 fully saturated rings. The van der Waals surface area contributed by atoms with Gasteiger partial charge in [0.25, 0.3) is 0 Å². The van der Waals surface area contributed by atoms with Crippen LogP contribution < -0.4 is 4.74 Å². The highest BCUT2D eigenvalue weighted by Crippen LogP contribution is 2.37. The monoisotopic (exact) mass is 318 g/mol. The highest BCUT2D eigenvalue weighted by atomic mass is 19.1. The van der Waals surface area contributed by atoms with E-state index in [0.29, 0.717) is 38.2 Å². The van der Waals surface area contributed by atoms with Crippen LogP contribution in [0.3, 0.4) is 0 Å². The normalized spacial score (nSPS) is 16.4. The first-order valence-corrected chi connectivity index (χ1v) is 8.13. The molecule has 0 radical (unpaired) electrons. The first-order valence-electron chi connectivity index (χ1n) is 8.13. The summed E-state index contributed by atoms with van der Waals surface area (Å²) in [7, 11) is 1.74. The topological polar surface area (TPSA) is 53.3 Å². The van der Waals surface area contributed by atoms with Gasteiger partial charge in [-0.15, -0.1) is 0 Å². The Kier molecular flexibility index (Phi) is 5.97. The number of rotatable bonds is 6. The summed E-state index contributed by atoms with van der Waals surface area (Å²) in [5, 5.41) is 9.45. The summed E-state index contributed by atoms with van der Waals surface area (Å²) >= 11 is 0. The molecule has 0 unspecified atom stereocenters. The lowest BCUT2D eigenvalue weighted by atomic mass is 9.74. The molecule has 0 aromatic heterocycles. The number of nitriles is 1. The van der Waals surface area contributed by atoms with E-state index in [1.165, 1.54) is 12.1 Å². The Balaban J connectivity index is 1.77. The van der Waals surface area contributed by atoms with Crippen LogP contribution >= 0.6 is 0 Å². The smallest absolute Gasteiger partial charge is 0.242 e. The van der Waals surface area contributed by atoms with Crippen molar-refractivity contribution in [3.05, 3.63) is 30.1 Å². The van der Waals surface area contributed by atoms with Gasteiger partial charge < -0.3 is 9.64 Å². The van der Waals surface area contributed by atoms with Gasteiger partial charge in [-0.1, -0.05) is 19.3 Å². The van der Waals surface area contributed by atoms with E-state index in [4.69, 9.17) is 4.74 Å². The van der Waals surface area contributed by atoms with E-state index in [0.717, 1.165) is 19.3 Å². The second kappa shape index (κ2) is 7.96.